The van der Waals surface area contributed by atoms with Crippen molar-refractivity contribution in [1.29, 1.82) is 0 Å². The van der Waals surface area contributed by atoms with E-state index in [2.05, 4.69) is 22.1 Å². The predicted molar refractivity (Wildman–Crippen MR) is 69.0 cm³/mol. The summed E-state index contributed by atoms with van der Waals surface area (Å²) in [6, 6.07) is 3.78. The molecule has 1 atom stereocenters. The molecule has 1 aromatic heterocycles. The third kappa shape index (κ3) is 4.82. The molecule has 0 saturated carbocycles. The average molecular weight is 236 g/mol. The Labute approximate surface area is 102 Å². The van der Waals surface area contributed by atoms with Gasteiger partial charge in [0.1, 0.15) is 5.82 Å². The lowest BCUT2D eigenvalue weighted by molar-refractivity contribution is 0.1000. The normalized spacial score (nSPS) is 12.5. The summed E-state index contributed by atoms with van der Waals surface area (Å²) < 4.78 is 0. The minimum Gasteiger partial charge on any atom is -0.368 e. The number of pyridine rings is 1. The van der Waals surface area contributed by atoms with E-state index in [-0.39, 0.29) is 0 Å². The fourth-order valence-electron chi connectivity index (χ4n) is 1.40. The van der Waals surface area contributed by atoms with Crippen molar-refractivity contribution in [3.8, 4) is 0 Å². The van der Waals surface area contributed by atoms with Crippen molar-refractivity contribution in [2.24, 2.45) is 5.73 Å². The van der Waals surface area contributed by atoms with Crippen LogP contribution in [-0.4, -0.2) is 42.5 Å². The molecule has 0 fully saturated rings. The van der Waals surface area contributed by atoms with Gasteiger partial charge < -0.3 is 16.0 Å². The largest absolute Gasteiger partial charge is 0.368 e. The maximum Gasteiger partial charge on any atom is 0.250 e. The number of hydrogen-bond acceptors (Lipinski definition) is 4. The first-order chi connectivity index (χ1) is 7.99. The molecule has 0 aliphatic carbocycles. The number of rotatable bonds is 6. The van der Waals surface area contributed by atoms with Gasteiger partial charge in [-0.25, -0.2) is 4.98 Å². The molecular weight excluding hydrogens is 216 g/mol. The molecule has 0 radical (unpaired) electrons. The van der Waals surface area contributed by atoms with Crippen molar-refractivity contribution in [2.45, 2.75) is 19.4 Å². The number of carbonyl (C=O) groups is 1. The molecule has 1 amide bonds. The van der Waals surface area contributed by atoms with Crippen LogP contribution in [0.5, 0.6) is 0 Å². The molecule has 5 heteroatoms. The van der Waals surface area contributed by atoms with E-state index in [0.29, 0.717) is 11.6 Å². The van der Waals surface area contributed by atoms with E-state index in [0.717, 1.165) is 18.8 Å². The number of hydrogen-bond donors (Lipinski definition) is 2. The van der Waals surface area contributed by atoms with Gasteiger partial charge in [0.2, 0.25) is 5.91 Å². The molecule has 0 spiro atoms. The van der Waals surface area contributed by atoms with Crippen LogP contribution in [0.15, 0.2) is 18.3 Å². The van der Waals surface area contributed by atoms with Gasteiger partial charge in [-0.1, -0.05) is 0 Å². The second-order valence-electron chi connectivity index (χ2n) is 4.43. The highest BCUT2D eigenvalue weighted by Crippen LogP contribution is 2.07. The van der Waals surface area contributed by atoms with Crippen LogP contribution in [-0.2, 0) is 0 Å². The van der Waals surface area contributed by atoms with E-state index in [1.54, 1.807) is 12.1 Å². The lowest BCUT2D eigenvalue weighted by atomic mass is 10.2. The number of amides is 1. The van der Waals surface area contributed by atoms with Crippen molar-refractivity contribution >= 4 is 11.7 Å². The Kier molecular flexibility index (Phi) is 4.90. The Balaban J connectivity index is 2.48. The first-order valence-corrected chi connectivity index (χ1v) is 5.66. The number of aromatic nitrogens is 1. The summed E-state index contributed by atoms with van der Waals surface area (Å²) in [5.74, 6) is 0.311. The Morgan fingerprint density at radius 1 is 1.53 bits per heavy atom. The van der Waals surface area contributed by atoms with Gasteiger partial charge in [-0.2, -0.15) is 0 Å². The van der Waals surface area contributed by atoms with Crippen molar-refractivity contribution in [3.05, 3.63) is 23.9 Å². The molecule has 3 N–H and O–H groups in total. The van der Waals surface area contributed by atoms with E-state index in [1.807, 2.05) is 14.1 Å². The van der Waals surface area contributed by atoms with Gasteiger partial charge in [0, 0.05) is 12.2 Å². The van der Waals surface area contributed by atoms with Crippen LogP contribution in [0.3, 0.4) is 0 Å². The number of nitrogens with two attached hydrogens (primary N) is 1. The van der Waals surface area contributed by atoms with E-state index in [9.17, 15) is 4.79 Å². The molecule has 1 aromatic rings. The lowest BCUT2D eigenvalue weighted by Gasteiger charge is -2.17. The van der Waals surface area contributed by atoms with Gasteiger partial charge in [-0.15, -0.1) is 0 Å². The highest BCUT2D eigenvalue weighted by Gasteiger charge is 2.05. The maximum atomic E-state index is 10.9. The molecule has 1 rings (SSSR count). The number of carbonyl (C=O) groups excluding carboxylic acids is 1. The molecule has 0 aromatic carbocycles. The Morgan fingerprint density at radius 3 is 2.71 bits per heavy atom. The van der Waals surface area contributed by atoms with Crippen LogP contribution in [0, 0.1) is 0 Å². The standard InChI is InChI=1S/C12H20N4O/c1-9(6-7-16(2)3)15-11-5-4-10(8-14-11)12(13)17/h4-5,8-9H,6-7H2,1-3H3,(H2,13,17)(H,14,15). The zero-order valence-corrected chi connectivity index (χ0v) is 10.6. The van der Waals surface area contributed by atoms with Crippen LogP contribution >= 0.6 is 0 Å². The second-order valence-corrected chi connectivity index (χ2v) is 4.43. The SMILES string of the molecule is CC(CCN(C)C)Nc1ccc(C(N)=O)cn1. The predicted octanol–water partition coefficient (Wildman–Crippen LogP) is 0.933. The molecule has 94 valence electrons. The topological polar surface area (TPSA) is 71.2 Å². The number of nitrogens with zero attached hydrogens (tertiary/aromatic N) is 2. The van der Waals surface area contributed by atoms with Crippen LogP contribution in [0.2, 0.25) is 0 Å². The summed E-state index contributed by atoms with van der Waals surface area (Å²) in [6.07, 6.45) is 2.52. The van der Waals surface area contributed by atoms with Crippen molar-refractivity contribution in [3.63, 3.8) is 0 Å². The summed E-state index contributed by atoms with van der Waals surface area (Å²) in [4.78, 5) is 17.2. The number of nitrogens with one attached hydrogen (secondary N) is 1. The third-order valence-electron chi connectivity index (χ3n) is 2.45. The van der Waals surface area contributed by atoms with Crippen LogP contribution in [0.25, 0.3) is 0 Å². The summed E-state index contributed by atoms with van der Waals surface area (Å²) in [6.45, 7) is 3.13. The van der Waals surface area contributed by atoms with E-state index in [4.69, 9.17) is 5.73 Å². The molecule has 5 nitrogen and oxygen atoms in total. The van der Waals surface area contributed by atoms with Crippen LogP contribution in [0.4, 0.5) is 5.82 Å². The first-order valence-electron chi connectivity index (χ1n) is 5.66. The van der Waals surface area contributed by atoms with Crippen molar-refractivity contribution < 1.29 is 4.79 Å². The zero-order chi connectivity index (χ0) is 12.8. The molecule has 1 unspecified atom stereocenters. The molecule has 17 heavy (non-hydrogen) atoms. The summed E-state index contributed by atoms with van der Waals surface area (Å²) >= 11 is 0. The molecule has 0 saturated heterocycles. The van der Waals surface area contributed by atoms with Gasteiger partial charge in [0.15, 0.2) is 0 Å². The van der Waals surface area contributed by atoms with Gasteiger partial charge in [0.25, 0.3) is 0 Å². The number of primary amides is 1. The van der Waals surface area contributed by atoms with Gasteiger partial charge in [0.05, 0.1) is 5.56 Å². The first kappa shape index (κ1) is 13.4. The van der Waals surface area contributed by atoms with Crippen molar-refractivity contribution in [1.82, 2.24) is 9.88 Å². The maximum absolute atomic E-state index is 10.9. The minimum atomic E-state index is -0.454. The van der Waals surface area contributed by atoms with Gasteiger partial charge in [-0.3, -0.25) is 4.79 Å². The minimum absolute atomic E-state index is 0.337. The molecule has 0 aliphatic heterocycles. The highest BCUT2D eigenvalue weighted by molar-refractivity contribution is 5.92. The smallest absolute Gasteiger partial charge is 0.250 e. The summed E-state index contributed by atoms with van der Waals surface area (Å²) in [5.41, 5.74) is 5.57. The second kappa shape index (κ2) is 6.20. The monoisotopic (exact) mass is 236 g/mol. The Hall–Kier alpha value is -1.62. The lowest BCUT2D eigenvalue weighted by Crippen LogP contribution is -2.23. The zero-order valence-electron chi connectivity index (χ0n) is 10.6. The average Bonchev–Trinajstić information content (AvgIpc) is 2.27. The molecule has 0 bridgehead atoms. The Bertz CT molecular complexity index is 361. The van der Waals surface area contributed by atoms with Gasteiger partial charge in [-0.05, 0) is 46.1 Å². The van der Waals surface area contributed by atoms with Crippen molar-refractivity contribution in [2.75, 3.05) is 26.0 Å². The third-order valence-corrected chi connectivity index (χ3v) is 2.45. The van der Waals surface area contributed by atoms with Crippen LogP contribution < -0.4 is 11.1 Å². The van der Waals surface area contributed by atoms with E-state index in [1.165, 1.54) is 6.20 Å². The summed E-state index contributed by atoms with van der Waals surface area (Å²) in [5, 5.41) is 3.27. The van der Waals surface area contributed by atoms with E-state index < -0.39 is 5.91 Å². The molecule has 1 heterocycles. The molecular formula is C12H20N4O. The van der Waals surface area contributed by atoms with E-state index >= 15 is 0 Å². The quantitative estimate of drug-likeness (QED) is 0.771. The molecule has 0 aliphatic rings. The number of anilines is 1. The fraction of sp³-hybridized carbons (Fsp3) is 0.500. The summed E-state index contributed by atoms with van der Waals surface area (Å²) in [7, 11) is 4.10. The highest BCUT2D eigenvalue weighted by atomic mass is 16.1. The Morgan fingerprint density at radius 2 is 2.24 bits per heavy atom. The van der Waals surface area contributed by atoms with Crippen LogP contribution in [0.1, 0.15) is 23.7 Å². The van der Waals surface area contributed by atoms with Gasteiger partial charge >= 0.3 is 0 Å². The fourth-order valence-corrected chi connectivity index (χ4v) is 1.40.